The van der Waals surface area contributed by atoms with Crippen molar-refractivity contribution in [3.8, 4) is 0 Å². The largest absolute Gasteiger partial charge is 0.461 e. The highest BCUT2D eigenvalue weighted by molar-refractivity contribution is 6.08. The molecule has 0 unspecified atom stereocenters. The molecule has 1 heterocycles. The second kappa shape index (κ2) is 4.18. The van der Waals surface area contributed by atoms with E-state index < -0.39 is 0 Å². The smallest absolute Gasteiger partial charge is 0.354 e. The second-order valence-corrected chi connectivity index (χ2v) is 4.15. The highest BCUT2D eigenvalue weighted by Gasteiger charge is 2.11. The first-order valence-electron chi connectivity index (χ1n) is 5.97. The molecule has 3 heteroatoms. The molecule has 0 radical (unpaired) electrons. The number of carbonyl (C=O) groups excluding carboxylic acids is 1. The van der Waals surface area contributed by atoms with Crippen LogP contribution in [-0.2, 0) is 4.74 Å². The lowest BCUT2D eigenvalue weighted by Crippen LogP contribution is -2.04. The van der Waals surface area contributed by atoms with Crippen LogP contribution in [0.3, 0.4) is 0 Å². The van der Waals surface area contributed by atoms with E-state index in [1.807, 2.05) is 30.3 Å². The fourth-order valence-electron chi connectivity index (χ4n) is 2.19. The minimum atomic E-state index is -0.308. The van der Waals surface area contributed by atoms with Gasteiger partial charge in [0.1, 0.15) is 5.69 Å². The molecule has 0 aliphatic heterocycles. The van der Waals surface area contributed by atoms with E-state index in [2.05, 4.69) is 17.1 Å². The highest BCUT2D eigenvalue weighted by atomic mass is 16.5. The van der Waals surface area contributed by atoms with Gasteiger partial charge in [-0.3, -0.25) is 0 Å². The van der Waals surface area contributed by atoms with Gasteiger partial charge in [0, 0.05) is 10.8 Å². The SMILES string of the molecule is CCOC(=O)c1cc2ccc3ccccc3c2[nH]1. The normalized spacial score (nSPS) is 10.9. The molecule has 0 aliphatic rings. The number of nitrogens with one attached hydrogen (secondary N) is 1. The lowest BCUT2D eigenvalue weighted by Gasteiger charge is -1.99. The van der Waals surface area contributed by atoms with E-state index in [0.29, 0.717) is 12.3 Å². The van der Waals surface area contributed by atoms with Crippen molar-refractivity contribution in [1.29, 1.82) is 0 Å². The number of aromatic amines is 1. The van der Waals surface area contributed by atoms with Gasteiger partial charge >= 0.3 is 5.97 Å². The molecule has 0 bridgehead atoms. The second-order valence-electron chi connectivity index (χ2n) is 4.15. The molecule has 1 aromatic heterocycles. The first-order chi connectivity index (χ1) is 8.79. The molecule has 90 valence electrons. The van der Waals surface area contributed by atoms with Crippen molar-refractivity contribution >= 4 is 27.6 Å². The lowest BCUT2D eigenvalue weighted by atomic mass is 10.1. The predicted molar refractivity (Wildman–Crippen MR) is 71.8 cm³/mol. The molecule has 0 saturated heterocycles. The van der Waals surface area contributed by atoms with Crippen LogP contribution < -0.4 is 0 Å². The summed E-state index contributed by atoms with van der Waals surface area (Å²) in [5, 5.41) is 3.30. The molecule has 2 aromatic carbocycles. The van der Waals surface area contributed by atoms with E-state index in [0.717, 1.165) is 21.7 Å². The van der Waals surface area contributed by atoms with Crippen molar-refractivity contribution in [2.24, 2.45) is 0 Å². The minimum Gasteiger partial charge on any atom is -0.461 e. The molecule has 1 N–H and O–H groups in total. The number of esters is 1. The van der Waals surface area contributed by atoms with Crippen LogP contribution >= 0.6 is 0 Å². The molecule has 18 heavy (non-hydrogen) atoms. The summed E-state index contributed by atoms with van der Waals surface area (Å²) in [5.41, 5.74) is 1.49. The van der Waals surface area contributed by atoms with Crippen LogP contribution in [0.1, 0.15) is 17.4 Å². The number of rotatable bonds is 2. The molecular weight excluding hydrogens is 226 g/mol. The van der Waals surface area contributed by atoms with Crippen molar-refractivity contribution < 1.29 is 9.53 Å². The fourth-order valence-corrected chi connectivity index (χ4v) is 2.19. The molecule has 0 fully saturated rings. The first-order valence-corrected chi connectivity index (χ1v) is 5.97. The summed E-state index contributed by atoms with van der Waals surface area (Å²) in [6.45, 7) is 2.19. The van der Waals surface area contributed by atoms with Gasteiger partial charge in [-0.2, -0.15) is 0 Å². The van der Waals surface area contributed by atoms with Gasteiger partial charge in [0.2, 0.25) is 0 Å². The summed E-state index contributed by atoms with van der Waals surface area (Å²) in [6.07, 6.45) is 0. The number of hydrogen-bond donors (Lipinski definition) is 1. The zero-order valence-corrected chi connectivity index (χ0v) is 10.1. The molecule has 0 saturated carbocycles. The van der Waals surface area contributed by atoms with Crippen LogP contribution in [0.4, 0.5) is 0 Å². The number of H-pyrrole nitrogens is 1. The van der Waals surface area contributed by atoms with Crippen LogP contribution in [0.2, 0.25) is 0 Å². The van der Waals surface area contributed by atoms with Crippen LogP contribution in [0.25, 0.3) is 21.7 Å². The van der Waals surface area contributed by atoms with Crippen molar-refractivity contribution in [2.75, 3.05) is 6.61 Å². The van der Waals surface area contributed by atoms with Gasteiger partial charge in [0.05, 0.1) is 12.1 Å². The monoisotopic (exact) mass is 239 g/mol. The van der Waals surface area contributed by atoms with Gasteiger partial charge in [0.15, 0.2) is 0 Å². The topological polar surface area (TPSA) is 42.1 Å². The maximum Gasteiger partial charge on any atom is 0.354 e. The van der Waals surface area contributed by atoms with Gasteiger partial charge in [-0.1, -0.05) is 36.4 Å². The van der Waals surface area contributed by atoms with Crippen molar-refractivity contribution in [1.82, 2.24) is 4.98 Å². The van der Waals surface area contributed by atoms with E-state index in [1.165, 1.54) is 0 Å². The van der Waals surface area contributed by atoms with Crippen molar-refractivity contribution in [2.45, 2.75) is 6.92 Å². The Morgan fingerprint density at radius 3 is 2.78 bits per heavy atom. The Hall–Kier alpha value is -2.29. The Morgan fingerprint density at radius 2 is 1.94 bits per heavy atom. The molecule has 3 aromatic rings. The Bertz CT molecular complexity index is 728. The van der Waals surface area contributed by atoms with E-state index in [1.54, 1.807) is 6.92 Å². The average molecular weight is 239 g/mol. The third-order valence-corrected chi connectivity index (χ3v) is 3.02. The predicted octanol–water partition coefficient (Wildman–Crippen LogP) is 3.50. The molecular formula is C15H13NO2. The third-order valence-electron chi connectivity index (χ3n) is 3.02. The quantitative estimate of drug-likeness (QED) is 0.695. The molecule has 3 rings (SSSR count). The summed E-state index contributed by atoms with van der Waals surface area (Å²) in [6, 6.07) is 14.0. The van der Waals surface area contributed by atoms with Crippen molar-refractivity contribution in [3.63, 3.8) is 0 Å². The molecule has 0 atom stereocenters. The lowest BCUT2D eigenvalue weighted by molar-refractivity contribution is 0.0520. The van der Waals surface area contributed by atoms with Gasteiger partial charge in [-0.15, -0.1) is 0 Å². The Balaban J connectivity index is 2.22. The maximum absolute atomic E-state index is 11.7. The van der Waals surface area contributed by atoms with E-state index in [-0.39, 0.29) is 5.97 Å². The Morgan fingerprint density at radius 1 is 1.17 bits per heavy atom. The summed E-state index contributed by atoms with van der Waals surface area (Å²) >= 11 is 0. The molecule has 0 spiro atoms. The number of fused-ring (bicyclic) bond motifs is 3. The Kier molecular flexibility index (Phi) is 2.52. The fraction of sp³-hybridized carbons (Fsp3) is 0.133. The number of benzene rings is 2. The van der Waals surface area contributed by atoms with Crippen LogP contribution in [0.15, 0.2) is 42.5 Å². The minimum absolute atomic E-state index is 0.308. The summed E-state index contributed by atoms with van der Waals surface area (Å²) in [5.74, 6) is -0.308. The Labute approximate surface area is 104 Å². The zero-order chi connectivity index (χ0) is 12.5. The summed E-state index contributed by atoms with van der Waals surface area (Å²) in [7, 11) is 0. The average Bonchev–Trinajstić information content (AvgIpc) is 2.83. The summed E-state index contributed by atoms with van der Waals surface area (Å²) < 4.78 is 5.00. The van der Waals surface area contributed by atoms with Crippen molar-refractivity contribution in [3.05, 3.63) is 48.2 Å². The summed E-state index contributed by atoms with van der Waals surface area (Å²) in [4.78, 5) is 14.8. The van der Waals surface area contributed by atoms with Gasteiger partial charge in [-0.25, -0.2) is 4.79 Å². The standard InChI is InChI=1S/C15H13NO2/c1-2-18-15(17)13-9-11-8-7-10-5-3-4-6-12(10)14(11)16-13/h3-9,16H,2H2,1H3. The van der Waals surface area contributed by atoms with Gasteiger partial charge < -0.3 is 9.72 Å². The number of aromatic nitrogens is 1. The van der Waals surface area contributed by atoms with E-state index in [4.69, 9.17) is 4.74 Å². The number of carbonyl (C=O) groups is 1. The van der Waals surface area contributed by atoms with Crippen LogP contribution in [0, 0.1) is 0 Å². The zero-order valence-electron chi connectivity index (χ0n) is 10.1. The maximum atomic E-state index is 11.7. The van der Waals surface area contributed by atoms with E-state index in [9.17, 15) is 4.79 Å². The molecule has 0 amide bonds. The van der Waals surface area contributed by atoms with Gasteiger partial charge in [0.25, 0.3) is 0 Å². The van der Waals surface area contributed by atoms with Gasteiger partial charge in [-0.05, 0) is 18.4 Å². The van der Waals surface area contributed by atoms with Crippen LogP contribution in [0.5, 0.6) is 0 Å². The number of ether oxygens (including phenoxy) is 1. The third kappa shape index (κ3) is 1.64. The van der Waals surface area contributed by atoms with E-state index >= 15 is 0 Å². The molecule has 3 nitrogen and oxygen atoms in total. The highest BCUT2D eigenvalue weighted by Crippen LogP contribution is 2.25. The number of hydrogen-bond acceptors (Lipinski definition) is 2. The molecule has 0 aliphatic carbocycles. The first kappa shape index (κ1) is 10.8. The van der Waals surface area contributed by atoms with Crippen LogP contribution in [-0.4, -0.2) is 17.6 Å².